The molecule has 2 aliphatic rings. The molecular weight excluding hydrogens is 290 g/mol. The van der Waals surface area contributed by atoms with E-state index in [9.17, 15) is 4.79 Å². The van der Waals surface area contributed by atoms with Crippen LogP contribution in [-0.4, -0.2) is 43.2 Å². The molecule has 0 N–H and O–H groups in total. The summed E-state index contributed by atoms with van der Waals surface area (Å²) in [5.41, 5.74) is 1.19. The normalized spacial score (nSPS) is 25.6. The molecule has 3 unspecified atom stereocenters. The Bertz CT molecular complexity index is 526. The molecule has 3 atom stereocenters. The molecule has 0 spiro atoms. The average Bonchev–Trinajstić information content (AvgIpc) is 2.61. The predicted octanol–water partition coefficient (Wildman–Crippen LogP) is 3.36. The van der Waals surface area contributed by atoms with E-state index in [-0.39, 0.29) is 17.9 Å². The lowest BCUT2D eigenvalue weighted by molar-refractivity contribution is -0.149. The number of morpholine rings is 1. The Balaban J connectivity index is 1.62. The van der Waals surface area contributed by atoms with Gasteiger partial charge in [-0.1, -0.05) is 31.9 Å². The van der Waals surface area contributed by atoms with E-state index >= 15 is 0 Å². The van der Waals surface area contributed by atoms with Crippen molar-refractivity contribution in [2.75, 3.05) is 20.3 Å². The third kappa shape index (κ3) is 3.69. The first-order valence-electron chi connectivity index (χ1n) is 8.74. The number of methoxy groups -OCH3 is 1. The van der Waals surface area contributed by atoms with Gasteiger partial charge in [-0.25, -0.2) is 0 Å². The van der Waals surface area contributed by atoms with Crippen molar-refractivity contribution in [1.82, 2.24) is 4.90 Å². The summed E-state index contributed by atoms with van der Waals surface area (Å²) in [6.45, 7) is 3.55. The van der Waals surface area contributed by atoms with E-state index < -0.39 is 0 Å². The van der Waals surface area contributed by atoms with Crippen molar-refractivity contribution < 1.29 is 14.3 Å². The molecule has 1 aromatic rings. The number of amides is 1. The van der Waals surface area contributed by atoms with Gasteiger partial charge in [0, 0.05) is 13.0 Å². The van der Waals surface area contributed by atoms with Crippen LogP contribution in [0.1, 0.15) is 50.5 Å². The standard InChI is InChI=1S/C19H27NO3/c1-14(15-7-9-16(22-2)10-8-15)13-19(21)20-11-12-23-18-6-4-3-5-17(18)20/h7-10,14,17-18H,3-6,11-13H2,1-2H3. The molecule has 1 aliphatic carbocycles. The van der Waals surface area contributed by atoms with Crippen molar-refractivity contribution in [3.05, 3.63) is 29.8 Å². The van der Waals surface area contributed by atoms with Gasteiger partial charge in [0.05, 0.1) is 25.9 Å². The summed E-state index contributed by atoms with van der Waals surface area (Å²) in [6, 6.07) is 8.33. The maximum Gasteiger partial charge on any atom is 0.223 e. The molecule has 1 aliphatic heterocycles. The second-order valence-corrected chi connectivity index (χ2v) is 6.73. The Labute approximate surface area is 138 Å². The second-order valence-electron chi connectivity index (χ2n) is 6.73. The first-order valence-corrected chi connectivity index (χ1v) is 8.74. The monoisotopic (exact) mass is 317 g/mol. The number of carbonyl (C=O) groups excluding carboxylic acids is 1. The molecule has 1 saturated heterocycles. The Hall–Kier alpha value is -1.55. The molecule has 0 aromatic heterocycles. The lowest BCUT2D eigenvalue weighted by Gasteiger charge is -2.44. The molecule has 4 heteroatoms. The summed E-state index contributed by atoms with van der Waals surface area (Å²) in [5.74, 6) is 1.34. The molecule has 1 aromatic carbocycles. The van der Waals surface area contributed by atoms with Gasteiger partial charge in [-0.15, -0.1) is 0 Å². The van der Waals surface area contributed by atoms with Crippen LogP contribution in [0.2, 0.25) is 0 Å². The van der Waals surface area contributed by atoms with Gasteiger partial charge in [0.2, 0.25) is 5.91 Å². The number of carbonyl (C=O) groups is 1. The van der Waals surface area contributed by atoms with Gasteiger partial charge in [-0.05, 0) is 36.5 Å². The Morgan fingerprint density at radius 3 is 2.78 bits per heavy atom. The second kappa shape index (κ2) is 7.35. The minimum absolute atomic E-state index is 0.221. The molecular formula is C19H27NO3. The molecule has 1 saturated carbocycles. The lowest BCUT2D eigenvalue weighted by Crippen LogP contribution is -2.55. The minimum atomic E-state index is 0.221. The summed E-state index contributed by atoms with van der Waals surface area (Å²) in [7, 11) is 1.67. The molecule has 1 amide bonds. The van der Waals surface area contributed by atoms with E-state index in [0.717, 1.165) is 25.1 Å². The van der Waals surface area contributed by atoms with Crippen LogP contribution in [0.5, 0.6) is 5.75 Å². The highest BCUT2D eigenvalue weighted by molar-refractivity contribution is 5.77. The predicted molar refractivity (Wildman–Crippen MR) is 89.7 cm³/mol. The number of hydrogen-bond acceptors (Lipinski definition) is 3. The first-order chi connectivity index (χ1) is 11.2. The zero-order chi connectivity index (χ0) is 16.2. The fourth-order valence-corrected chi connectivity index (χ4v) is 3.84. The zero-order valence-corrected chi connectivity index (χ0v) is 14.2. The van der Waals surface area contributed by atoms with Crippen LogP contribution < -0.4 is 4.74 Å². The van der Waals surface area contributed by atoms with Crippen molar-refractivity contribution in [2.24, 2.45) is 0 Å². The number of nitrogens with zero attached hydrogens (tertiary/aromatic N) is 1. The highest BCUT2D eigenvalue weighted by Crippen LogP contribution is 2.30. The van der Waals surface area contributed by atoms with Gasteiger partial charge in [0.25, 0.3) is 0 Å². The largest absolute Gasteiger partial charge is 0.497 e. The number of rotatable bonds is 4. The number of ether oxygens (including phenoxy) is 2. The SMILES string of the molecule is COc1ccc(C(C)CC(=O)N2CCOC3CCCCC32)cc1. The number of benzene rings is 1. The van der Waals surface area contributed by atoms with Crippen molar-refractivity contribution in [2.45, 2.75) is 57.1 Å². The van der Waals surface area contributed by atoms with E-state index in [1.165, 1.54) is 18.4 Å². The van der Waals surface area contributed by atoms with E-state index in [4.69, 9.17) is 9.47 Å². The van der Waals surface area contributed by atoms with Crippen LogP contribution in [-0.2, 0) is 9.53 Å². The fraction of sp³-hybridized carbons (Fsp3) is 0.632. The Morgan fingerprint density at radius 2 is 2.04 bits per heavy atom. The quantitative estimate of drug-likeness (QED) is 0.855. The maximum absolute atomic E-state index is 12.8. The summed E-state index contributed by atoms with van der Waals surface area (Å²) < 4.78 is 11.1. The lowest BCUT2D eigenvalue weighted by atomic mass is 9.89. The smallest absolute Gasteiger partial charge is 0.223 e. The van der Waals surface area contributed by atoms with E-state index in [2.05, 4.69) is 24.0 Å². The summed E-state index contributed by atoms with van der Waals surface area (Å²) >= 11 is 0. The molecule has 1 heterocycles. The molecule has 0 bridgehead atoms. The van der Waals surface area contributed by atoms with Crippen LogP contribution in [0.15, 0.2) is 24.3 Å². The Morgan fingerprint density at radius 1 is 1.30 bits per heavy atom. The first kappa shape index (κ1) is 16.3. The highest BCUT2D eigenvalue weighted by atomic mass is 16.5. The van der Waals surface area contributed by atoms with Crippen LogP contribution in [0.3, 0.4) is 0 Å². The van der Waals surface area contributed by atoms with E-state index in [0.29, 0.717) is 19.1 Å². The highest BCUT2D eigenvalue weighted by Gasteiger charge is 2.36. The van der Waals surface area contributed by atoms with Gasteiger partial charge >= 0.3 is 0 Å². The Kier molecular flexibility index (Phi) is 5.21. The molecule has 23 heavy (non-hydrogen) atoms. The molecule has 0 radical (unpaired) electrons. The molecule has 4 nitrogen and oxygen atoms in total. The van der Waals surface area contributed by atoms with Gasteiger partial charge in [-0.3, -0.25) is 4.79 Å². The molecule has 3 rings (SSSR count). The van der Waals surface area contributed by atoms with Gasteiger partial charge < -0.3 is 14.4 Å². The number of fused-ring (bicyclic) bond motifs is 1. The third-order valence-electron chi connectivity index (χ3n) is 5.22. The topological polar surface area (TPSA) is 38.8 Å². The van der Waals surface area contributed by atoms with E-state index in [1.807, 2.05) is 12.1 Å². The third-order valence-corrected chi connectivity index (χ3v) is 5.22. The fourth-order valence-electron chi connectivity index (χ4n) is 3.84. The molecule has 2 fully saturated rings. The van der Waals surface area contributed by atoms with Crippen molar-refractivity contribution >= 4 is 5.91 Å². The summed E-state index contributed by atoms with van der Waals surface area (Å²) in [5, 5.41) is 0. The van der Waals surface area contributed by atoms with Crippen molar-refractivity contribution in [3.8, 4) is 5.75 Å². The van der Waals surface area contributed by atoms with Crippen LogP contribution in [0, 0.1) is 0 Å². The van der Waals surface area contributed by atoms with Crippen LogP contribution in [0.25, 0.3) is 0 Å². The van der Waals surface area contributed by atoms with Crippen molar-refractivity contribution in [1.29, 1.82) is 0 Å². The maximum atomic E-state index is 12.8. The van der Waals surface area contributed by atoms with Gasteiger partial charge in [0.15, 0.2) is 0 Å². The molecule has 126 valence electrons. The van der Waals surface area contributed by atoms with Gasteiger partial charge in [-0.2, -0.15) is 0 Å². The van der Waals surface area contributed by atoms with Crippen molar-refractivity contribution in [3.63, 3.8) is 0 Å². The number of hydrogen-bond donors (Lipinski definition) is 0. The van der Waals surface area contributed by atoms with Gasteiger partial charge in [0.1, 0.15) is 5.75 Å². The van der Waals surface area contributed by atoms with Crippen LogP contribution >= 0.6 is 0 Å². The van der Waals surface area contributed by atoms with E-state index in [1.54, 1.807) is 7.11 Å². The minimum Gasteiger partial charge on any atom is -0.497 e. The summed E-state index contributed by atoms with van der Waals surface area (Å²) in [6.07, 6.45) is 5.46. The average molecular weight is 317 g/mol. The zero-order valence-electron chi connectivity index (χ0n) is 14.2. The summed E-state index contributed by atoms with van der Waals surface area (Å²) in [4.78, 5) is 14.9. The van der Waals surface area contributed by atoms with Crippen LogP contribution in [0.4, 0.5) is 0 Å².